The number of nitrogens with one attached hydrogen (secondary N) is 2. The Labute approximate surface area is 157 Å². The molecule has 2 aromatic heterocycles. The molecule has 0 bridgehead atoms. The Morgan fingerprint density at radius 3 is 2.81 bits per heavy atom. The maximum absolute atomic E-state index is 12.5. The summed E-state index contributed by atoms with van der Waals surface area (Å²) in [4.78, 5) is 27.6. The fraction of sp³-hybridized carbons (Fsp3) is 0.381. The standard InChI is InChI=1S/C21H24N4O2/c1-25-19(13-18(24-25)14-7-3-2-4-8-14)23-20(26)12-16-11-15-9-5-6-10-17(15)22-21(16)27/h5-6,9-11,13-14H,2-4,7-8,12H2,1H3,(H,22,27)(H,23,26). The SMILES string of the molecule is Cn1nc(C2CCCCC2)cc1NC(=O)Cc1cc2ccccc2[nH]c1=O. The van der Waals surface area contributed by atoms with Crippen LogP contribution in [0.1, 0.15) is 49.3 Å². The summed E-state index contributed by atoms with van der Waals surface area (Å²) in [5, 5.41) is 8.41. The van der Waals surface area contributed by atoms with E-state index < -0.39 is 0 Å². The number of hydrogen-bond acceptors (Lipinski definition) is 3. The zero-order valence-electron chi connectivity index (χ0n) is 15.5. The lowest BCUT2D eigenvalue weighted by molar-refractivity contribution is -0.115. The summed E-state index contributed by atoms with van der Waals surface area (Å²) in [6, 6.07) is 11.3. The van der Waals surface area contributed by atoms with E-state index in [1.165, 1.54) is 19.3 Å². The number of amides is 1. The Kier molecular flexibility index (Phi) is 4.79. The van der Waals surface area contributed by atoms with Crippen LogP contribution in [0.3, 0.4) is 0 Å². The monoisotopic (exact) mass is 364 g/mol. The molecule has 1 fully saturated rings. The van der Waals surface area contributed by atoms with Crippen molar-refractivity contribution < 1.29 is 4.79 Å². The summed E-state index contributed by atoms with van der Waals surface area (Å²) in [6.07, 6.45) is 6.15. The lowest BCUT2D eigenvalue weighted by atomic mass is 9.87. The maximum Gasteiger partial charge on any atom is 0.252 e. The first kappa shape index (κ1) is 17.5. The van der Waals surface area contributed by atoms with Crippen LogP contribution in [0.2, 0.25) is 0 Å². The Balaban J connectivity index is 1.49. The molecular formula is C21H24N4O2. The molecule has 6 nitrogen and oxygen atoms in total. The highest BCUT2D eigenvalue weighted by molar-refractivity contribution is 5.92. The molecule has 3 aromatic rings. The Bertz CT molecular complexity index is 1030. The third kappa shape index (κ3) is 3.79. The number of carbonyl (C=O) groups excluding carboxylic acids is 1. The molecule has 0 atom stereocenters. The zero-order valence-corrected chi connectivity index (χ0v) is 15.5. The van der Waals surface area contributed by atoms with Gasteiger partial charge in [0.2, 0.25) is 5.91 Å². The molecule has 0 radical (unpaired) electrons. The topological polar surface area (TPSA) is 79.8 Å². The average Bonchev–Trinajstić information content (AvgIpc) is 3.03. The molecule has 1 saturated carbocycles. The maximum atomic E-state index is 12.5. The number of aromatic amines is 1. The molecule has 0 unspecified atom stereocenters. The van der Waals surface area contributed by atoms with Crippen molar-refractivity contribution in [2.24, 2.45) is 7.05 Å². The Morgan fingerprint density at radius 2 is 2.00 bits per heavy atom. The van der Waals surface area contributed by atoms with Gasteiger partial charge in [-0.2, -0.15) is 5.10 Å². The third-order valence-electron chi connectivity index (χ3n) is 5.37. The number of anilines is 1. The van der Waals surface area contributed by atoms with E-state index in [1.54, 1.807) is 10.7 Å². The predicted molar refractivity (Wildman–Crippen MR) is 106 cm³/mol. The van der Waals surface area contributed by atoms with Crippen LogP contribution in [0.4, 0.5) is 5.82 Å². The molecular weight excluding hydrogens is 340 g/mol. The van der Waals surface area contributed by atoms with E-state index in [0.717, 1.165) is 29.4 Å². The average molecular weight is 364 g/mol. The van der Waals surface area contributed by atoms with Crippen LogP contribution < -0.4 is 10.9 Å². The highest BCUT2D eigenvalue weighted by Gasteiger charge is 2.20. The van der Waals surface area contributed by atoms with Gasteiger partial charge in [0.1, 0.15) is 5.82 Å². The molecule has 1 aromatic carbocycles. The number of pyridine rings is 1. The van der Waals surface area contributed by atoms with E-state index in [4.69, 9.17) is 0 Å². The number of benzene rings is 1. The van der Waals surface area contributed by atoms with Crippen LogP contribution in [-0.4, -0.2) is 20.7 Å². The molecule has 1 aliphatic rings. The van der Waals surface area contributed by atoms with Gasteiger partial charge in [-0.05, 0) is 30.4 Å². The lowest BCUT2D eigenvalue weighted by Gasteiger charge is -2.19. The van der Waals surface area contributed by atoms with Gasteiger partial charge >= 0.3 is 0 Å². The molecule has 1 aliphatic carbocycles. The molecule has 2 N–H and O–H groups in total. The second kappa shape index (κ2) is 7.39. The van der Waals surface area contributed by atoms with E-state index in [-0.39, 0.29) is 17.9 Å². The summed E-state index contributed by atoms with van der Waals surface area (Å²) in [5.41, 5.74) is 2.06. The van der Waals surface area contributed by atoms with Gasteiger partial charge in [0.05, 0.1) is 12.1 Å². The number of rotatable bonds is 4. The fourth-order valence-electron chi connectivity index (χ4n) is 3.89. The number of aryl methyl sites for hydroxylation is 1. The number of nitrogens with zero attached hydrogens (tertiary/aromatic N) is 2. The van der Waals surface area contributed by atoms with Crippen molar-refractivity contribution in [2.75, 3.05) is 5.32 Å². The van der Waals surface area contributed by atoms with E-state index in [1.807, 2.05) is 37.4 Å². The Hall–Kier alpha value is -2.89. The van der Waals surface area contributed by atoms with Gasteiger partial charge in [-0.1, -0.05) is 37.5 Å². The largest absolute Gasteiger partial charge is 0.322 e. The van der Waals surface area contributed by atoms with Gasteiger partial charge in [0, 0.05) is 30.1 Å². The van der Waals surface area contributed by atoms with Crippen molar-refractivity contribution in [3.8, 4) is 0 Å². The first-order valence-electron chi connectivity index (χ1n) is 9.55. The van der Waals surface area contributed by atoms with E-state index in [2.05, 4.69) is 15.4 Å². The van der Waals surface area contributed by atoms with Gasteiger partial charge in [0.15, 0.2) is 0 Å². The molecule has 0 aliphatic heterocycles. The van der Waals surface area contributed by atoms with Crippen LogP contribution >= 0.6 is 0 Å². The van der Waals surface area contributed by atoms with Gasteiger partial charge < -0.3 is 10.3 Å². The molecule has 2 heterocycles. The van der Waals surface area contributed by atoms with Crippen molar-refractivity contribution in [1.29, 1.82) is 0 Å². The third-order valence-corrected chi connectivity index (χ3v) is 5.37. The normalized spacial score (nSPS) is 15.1. The lowest BCUT2D eigenvalue weighted by Crippen LogP contribution is -2.22. The van der Waals surface area contributed by atoms with Crippen molar-refractivity contribution in [1.82, 2.24) is 14.8 Å². The van der Waals surface area contributed by atoms with Gasteiger partial charge in [-0.15, -0.1) is 0 Å². The van der Waals surface area contributed by atoms with Crippen LogP contribution in [-0.2, 0) is 18.3 Å². The fourth-order valence-corrected chi connectivity index (χ4v) is 3.89. The van der Waals surface area contributed by atoms with E-state index in [0.29, 0.717) is 17.3 Å². The molecule has 140 valence electrons. The molecule has 0 saturated heterocycles. The number of hydrogen-bond donors (Lipinski definition) is 2. The first-order chi connectivity index (χ1) is 13.1. The van der Waals surface area contributed by atoms with Gasteiger partial charge in [0.25, 0.3) is 5.56 Å². The molecule has 0 spiro atoms. The smallest absolute Gasteiger partial charge is 0.252 e. The number of para-hydroxylation sites is 1. The van der Waals surface area contributed by atoms with E-state index in [9.17, 15) is 9.59 Å². The number of H-pyrrole nitrogens is 1. The molecule has 27 heavy (non-hydrogen) atoms. The zero-order chi connectivity index (χ0) is 18.8. The van der Waals surface area contributed by atoms with Crippen molar-refractivity contribution in [2.45, 2.75) is 44.4 Å². The minimum absolute atomic E-state index is 0.0319. The molecule has 6 heteroatoms. The quantitative estimate of drug-likeness (QED) is 0.744. The molecule has 4 rings (SSSR count). The molecule has 1 amide bonds. The van der Waals surface area contributed by atoms with Gasteiger partial charge in [-0.3, -0.25) is 14.3 Å². The Morgan fingerprint density at radius 1 is 1.22 bits per heavy atom. The van der Waals surface area contributed by atoms with Crippen molar-refractivity contribution >= 4 is 22.6 Å². The van der Waals surface area contributed by atoms with Crippen molar-refractivity contribution in [3.63, 3.8) is 0 Å². The number of fused-ring (bicyclic) bond motifs is 1. The van der Waals surface area contributed by atoms with E-state index >= 15 is 0 Å². The second-order valence-corrected chi connectivity index (χ2v) is 7.35. The summed E-state index contributed by atoms with van der Waals surface area (Å²) in [6.45, 7) is 0. The van der Waals surface area contributed by atoms with Crippen LogP contribution in [0.15, 0.2) is 41.2 Å². The minimum atomic E-state index is -0.225. The summed E-state index contributed by atoms with van der Waals surface area (Å²) in [5.74, 6) is 0.950. The van der Waals surface area contributed by atoms with Crippen LogP contribution in [0.5, 0.6) is 0 Å². The highest BCUT2D eigenvalue weighted by Crippen LogP contribution is 2.32. The minimum Gasteiger partial charge on any atom is -0.322 e. The highest BCUT2D eigenvalue weighted by atomic mass is 16.2. The van der Waals surface area contributed by atoms with Crippen molar-refractivity contribution in [3.05, 3.63) is 58.0 Å². The summed E-state index contributed by atoms with van der Waals surface area (Å²) < 4.78 is 1.71. The summed E-state index contributed by atoms with van der Waals surface area (Å²) in [7, 11) is 1.84. The summed E-state index contributed by atoms with van der Waals surface area (Å²) >= 11 is 0. The number of aromatic nitrogens is 3. The number of carbonyl (C=O) groups is 1. The van der Waals surface area contributed by atoms with Crippen LogP contribution in [0.25, 0.3) is 10.9 Å². The second-order valence-electron chi connectivity index (χ2n) is 7.35. The predicted octanol–water partition coefficient (Wildman–Crippen LogP) is 3.49. The first-order valence-corrected chi connectivity index (χ1v) is 9.55. The van der Waals surface area contributed by atoms with Crippen LogP contribution in [0, 0.1) is 0 Å². The van der Waals surface area contributed by atoms with Gasteiger partial charge in [-0.25, -0.2) is 0 Å².